The van der Waals surface area contributed by atoms with Crippen LogP contribution >= 0.6 is 24.0 Å². The minimum Gasteiger partial charge on any atom is -0.353 e. The Morgan fingerprint density at radius 1 is 1.21 bits per heavy atom. The Morgan fingerprint density at radius 2 is 1.93 bits per heavy atom. The van der Waals surface area contributed by atoms with Crippen molar-refractivity contribution in [2.45, 2.75) is 13.8 Å². The van der Waals surface area contributed by atoms with Crippen molar-refractivity contribution in [3.63, 3.8) is 0 Å². The lowest BCUT2D eigenvalue weighted by Crippen LogP contribution is -2.45. The first-order chi connectivity index (χ1) is 13.9. The first-order valence-corrected chi connectivity index (χ1v) is 10.8. The van der Waals surface area contributed by atoms with Crippen molar-refractivity contribution in [1.82, 2.24) is 19.2 Å². The predicted octanol–water partition coefficient (Wildman–Crippen LogP) is 1.98. The number of hydrogen-bond donors (Lipinski definition) is 0. The van der Waals surface area contributed by atoms with E-state index in [9.17, 15) is 9.59 Å². The number of hydrogen-bond acceptors (Lipinski definition) is 7. The number of nitrogens with zero attached hydrogens (tertiary/aromatic N) is 5. The van der Waals surface area contributed by atoms with Gasteiger partial charge in [-0.3, -0.25) is 18.9 Å². The molecule has 2 fully saturated rings. The van der Waals surface area contributed by atoms with Gasteiger partial charge in [-0.05, 0) is 38.6 Å². The quantitative estimate of drug-likeness (QED) is 0.546. The monoisotopic (exact) mass is 429 g/mol. The van der Waals surface area contributed by atoms with Gasteiger partial charge in [0.05, 0.1) is 10.5 Å². The summed E-state index contributed by atoms with van der Waals surface area (Å²) in [5.74, 6) is 0.481. The molecule has 2 aromatic heterocycles. The summed E-state index contributed by atoms with van der Waals surface area (Å²) in [6, 6.07) is 3.80. The molecule has 1 amide bonds. The minimum atomic E-state index is -0.172. The number of rotatable bonds is 3. The van der Waals surface area contributed by atoms with Crippen LogP contribution in [0, 0.1) is 6.92 Å². The van der Waals surface area contributed by atoms with Crippen molar-refractivity contribution in [2.24, 2.45) is 0 Å². The Kier molecular flexibility index (Phi) is 5.46. The van der Waals surface area contributed by atoms with Crippen LogP contribution in [0.3, 0.4) is 0 Å². The Hall–Kier alpha value is -2.23. The summed E-state index contributed by atoms with van der Waals surface area (Å²) in [7, 11) is 2.08. The number of thiocarbonyl (C=S) groups is 1. The average Bonchev–Trinajstić information content (AvgIpc) is 2.97. The predicted molar refractivity (Wildman–Crippen MR) is 121 cm³/mol. The summed E-state index contributed by atoms with van der Waals surface area (Å²) in [4.78, 5) is 37.3. The van der Waals surface area contributed by atoms with Crippen molar-refractivity contribution in [3.8, 4) is 0 Å². The van der Waals surface area contributed by atoms with E-state index in [1.165, 1.54) is 11.8 Å². The van der Waals surface area contributed by atoms with E-state index in [0.29, 0.717) is 32.8 Å². The first-order valence-electron chi connectivity index (χ1n) is 9.61. The Morgan fingerprint density at radius 3 is 2.59 bits per heavy atom. The zero-order valence-corrected chi connectivity index (χ0v) is 18.3. The second-order valence-corrected chi connectivity index (χ2v) is 8.98. The molecule has 2 aliphatic rings. The normalized spacial score (nSPS) is 19.8. The van der Waals surface area contributed by atoms with Crippen LogP contribution < -0.4 is 10.5 Å². The zero-order valence-electron chi connectivity index (χ0n) is 16.7. The lowest BCUT2D eigenvalue weighted by Gasteiger charge is -2.34. The van der Waals surface area contributed by atoms with Gasteiger partial charge in [0.1, 0.15) is 15.8 Å². The van der Waals surface area contributed by atoms with Crippen molar-refractivity contribution in [3.05, 3.63) is 44.7 Å². The van der Waals surface area contributed by atoms with Crippen molar-refractivity contribution in [2.75, 3.05) is 44.7 Å². The van der Waals surface area contributed by atoms with E-state index in [2.05, 4.69) is 16.8 Å². The van der Waals surface area contributed by atoms with Crippen molar-refractivity contribution in [1.29, 1.82) is 0 Å². The molecule has 7 nitrogen and oxygen atoms in total. The molecule has 9 heteroatoms. The molecule has 2 aromatic rings. The van der Waals surface area contributed by atoms with Crippen LogP contribution in [0.2, 0.25) is 0 Å². The highest BCUT2D eigenvalue weighted by Crippen LogP contribution is 2.33. The molecule has 0 unspecified atom stereocenters. The number of piperazine rings is 1. The highest BCUT2D eigenvalue weighted by atomic mass is 32.2. The van der Waals surface area contributed by atoms with Gasteiger partial charge in [0, 0.05) is 38.9 Å². The highest BCUT2D eigenvalue weighted by molar-refractivity contribution is 8.26. The molecule has 0 N–H and O–H groups in total. The number of aromatic nitrogens is 2. The fourth-order valence-corrected chi connectivity index (χ4v) is 4.90. The molecule has 152 valence electrons. The maximum Gasteiger partial charge on any atom is 0.267 e. The van der Waals surface area contributed by atoms with E-state index in [0.717, 1.165) is 31.7 Å². The third-order valence-electron chi connectivity index (χ3n) is 5.25. The molecule has 2 saturated heterocycles. The molecule has 0 aliphatic carbocycles. The number of amides is 1. The van der Waals surface area contributed by atoms with Crippen LogP contribution in [0.5, 0.6) is 0 Å². The van der Waals surface area contributed by atoms with Gasteiger partial charge < -0.3 is 9.80 Å². The van der Waals surface area contributed by atoms with E-state index in [1.54, 1.807) is 21.6 Å². The SMILES string of the molecule is CCN1C(=O)/C(=C/c2c(N3CCN(C)CC3)nc3ccc(C)cn3c2=O)SC1=S. The number of carbonyl (C=O) groups is 1. The number of likely N-dealkylation sites (N-methyl/N-ethyl adjacent to an activating group) is 2. The number of thioether (sulfide) groups is 1. The molecular formula is C20H23N5O2S2. The van der Waals surface area contributed by atoms with Gasteiger partial charge in [-0.15, -0.1) is 0 Å². The molecule has 0 atom stereocenters. The topological polar surface area (TPSA) is 61.2 Å². The molecule has 29 heavy (non-hydrogen) atoms. The van der Waals surface area contributed by atoms with Gasteiger partial charge in [0.25, 0.3) is 11.5 Å². The fraction of sp³-hybridized carbons (Fsp3) is 0.400. The molecule has 0 radical (unpaired) electrons. The summed E-state index contributed by atoms with van der Waals surface area (Å²) < 4.78 is 2.08. The van der Waals surface area contributed by atoms with Crippen LogP contribution in [-0.2, 0) is 4.79 Å². The molecule has 2 aliphatic heterocycles. The number of carbonyl (C=O) groups excluding carboxylic acids is 1. The van der Waals surface area contributed by atoms with Crippen LogP contribution in [0.4, 0.5) is 5.82 Å². The standard InChI is InChI=1S/C20H23N5O2S2/c1-4-24-19(27)15(29-20(24)28)11-14-17(23-9-7-22(3)8-10-23)21-16-6-5-13(2)12-25(16)18(14)26/h5-6,11-12H,4,7-10H2,1-3H3/b15-11-. The summed E-state index contributed by atoms with van der Waals surface area (Å²) in [6.07, 6.45) is 3.46. The summed E-state index contributed by atoms with van der Waals surface area (Å²) in [5, 5.41) is 0. The summed E-state index contributed by atoms with van der Waals surface area (Å²) in [5.41, 5.74) is 1.84. The van der Waals surface area contributed by atoms with Crippen molar-refractivity contribution < 1.29 is 4.79 Å². The maximum atomic E-state index is 13.4. The lowest BCUT2D eigenvalue weighted by atomic mass is 10.2. The van der Waals surface area contributed by atoms with Crippen LogP contribution in [0.15, 0.2) is 28.0 Å². The second-order valence-electron chi connectivity index (χ2n) is 7.31. The molecule has 0 spiro atoms. The summed E-state index contributed by atoms with van der Waals surface area (Å²) in [6.45, 7) is 7.69. The molecule has 0 bridgehead atoms. The van der Waals surface area contributed by atoms with Gasteiger partial charge in [0.2, 0.25) is 0 Å². The fourth-order valence-electron chi connectivity index (χ4n) is 3.54. The molecular weight excluding hydrogens is 406 g/mol. The van der Waals surface area contributed by atoms with E-state index in [-0.39, 0.29) is 11.5 Å². The van der Waals surface area contributed by atoms with Gasteiger partial charge in [-0.1, -0.05) is 30.0 Å². The Balaban J connectivity index is 1.89. The Labute approximate surface area is 179 Å². The van der Waals surface area contributed by atoms with Crippen molar-refractivity contribution >= 4 is 51.7 Å². The number of fused-ring (bicyclic) bond motifs is 1. The van der Waals surface area contributed by atoms with E-state index < -0.39 is 0 Å². The number of pyridine rings is 1. The Bertz CT molecular complexity index is 1090. The van der Waals surface area contributed by atoms with E-state index in [4.69, 9.17) is 17.2 Å². The second kappa shape index (κ2) is 7.89. The van der Waals surface area contributed by atoms with E-state index in [1.807, 2.05) is 26.0 Å². The van der Waals surface area contributed by atoms with Gasteiger partial charge in [0.15, 0.2) is 0 Å². The molecule has 4 heterocycles. The van der Waals surface area contributed by atoms with Gasteiger partial charge in [-0.25, -0.2) is 4.98 Å². The highest BCUT2D eigenvalue weighted by Gasteiger charge is 2.32. The lowest BCUT2D eigenvalue weighted by molar-refractivity contribution is -0.121. The third kappa shape index (κ3) is 3.70. The first kappa shape index (κ1) is 20.1. The van der Waals surface area contributed by atoms with Crippen LogP contribution in [0.1, 0.15) is 18.1 Å². The van der Waals surface area contributed by atoms with E-state index >= 15 is 0 Å². The average molecular weight is 430 g/mol. The minimum absolute atomic E-state index is 0.152. The van der Waals surface area contributed by atoms with Gasteiger partial charge in [-0.2, -0.15) is 0 Å². The summed E-state index contributed by atoms with van der Waals surface area (Å²) >= 11 is 6.56. The smallest absolute Gasteiger partial charge is 0.267 e. The van der Waals surface area contributed by atoms with Gasteiger partial charge >= 0.3 is 0 Å². The molecule has 0 aromatic carbocycles. The largest absolute Gasteiger partial charge is 0.353 e. The maximum absolute atomic E-state index is 13.4. The van der Waals surface area contributed by atoms with Crippen LogP contribution in [-0.4, -0.2) is 69.2 Å². The molecule has 0 saturated carbocycles. The zero-order chi connectivity index (χ0) is 20.7. The molecule has 4 rings (SSSR count). The third-order valence-corrected chi connectivity index (χ3v) is 6.63. The number of anilines is 1. The number of aryl methyl sites for hydroxylation is 1. The van der Waals surface area contributed by atoms with Crippen LogP contribution in [0.25, 0.3) is 11.7 Å².